The maximum Gasteiger partial charge on any atom is 0.305 e. The lowest BCUT2D eigenvalue weighted by atomic mass is 10.0. The van der Waals surface area contributed by atoms with Crippen LogP contribution in [-0.4, -0.2) is 29.7 Å². The first-order valence-corrected chi connectivity index (χ1v) is 8.48. The van der Waals surface area contributed by atoms with Crippen molar-refractivity contribution in [3.05, 3.63) is 34.3 Å². The van der Waals surface area contributed by atoms with Crippen molar-refractivity contribution >= 4 is 27.8 Å². The second kappa shape index (κ2) is 9.67. The Bertz CT molecular complexity index is 533. The van der Waals surface area contributed by atoms with Gasteiger partial charge in [-0.05, 0) is 37.0 Å². The van der Waals surface area contributed by atoms with E-state index in [2.05, 4.69) is 35.1 Å². The Balaban J connectivity index is 2.69. The van der Waals surface area contributed by atoms with Gasteiger partial charge in [-0.15, -0.1) is 0 Å². The van der Waals surface area contributed by atoms with Crippen LogP contribution in [0.25, 0.3) is 0 Å². The van der Waals surface area contributed by atoms with Gasteiger partial charge in [-0.3, -0.25) is 9.59 Å². The zero-order valence-electron chi connectivity index (χ0n) is 13.7. The molecule has 23 heavy (non-hydrogen) atoms. The number of hydrogen-bond acceptors (Lipinski definition) is 3. The van der Waals surface area contributed by atoms with Gasteiger partial charge in [0.05, 0.1) is 12.5 Å². The first kappa shape index (κ1) is 19.6. The minimum absolute atomic E-state index is 0.180. The van der Waals surface area contributed by atoms with Crippen molar-refractivity contribution in [3.8, 4) is 0 Å². The second-order valence-corrected chi connectivity index (χ2v) is 6.83. The van der Waals surface area contributed by atoms with Gasteiger partial charge in [-0.1, -0.05) is 41.9 Å². The summed E-state index contributed by atoms with van der Waals surface area (Å²) in [5.41, 5.74) is 0.740. The van der Waals surface area contributed by atoms with Crippen LogP contribution >= 0.6 is 15.9 Å². The number of carboxylic acid groups (broad SMARTS) is 1. The minimum Gasteiger partial charge on any atom is -0.481 e. The molecule has 1 aromatic carbocycles. The van der Waals surface area contributed by atoms with Crippen molar-refractivity contribution in [2.45, 2.75) is 45.8 Å². The van der Waals surface area contributed by atoms with Gasteiger partial charge >= 0.3 is 5.97 Å². The lowest BCUT2D eigenvalue weighted by Crippen LogP contribution is -2.38. The average Bonchev–Trinajstić information content (AvgIpc) is 2.45. The fraction of sp³-hybridized carbons (Fsp3) is 0.529. The van der Waals surface area contributed by atoms with Crippen LogP contribution < -0.4 is 5.32 Å². The third-order valence-electron chi connectivity index (χ3n) is 3.38. The summed E-state index contributed by atoms with van der Waals surface area (Å²) >= 11 is 3.35. The van der Waals surface area contributed by atoms with Crippen LogP contribution in [-0.2, 0) is 14.3 Å². The van der Waals surface area contributed by atoms with E-state index in [9.17, 15) is 9.59 Å². The van der Waals surface area contributed by atoms with Crippen LogP contribution in [0.1, 0.15) is 45.2 Å². The number of carboxylic acids is 1. The molecule has 1 rings (SSSR count). The number of nitrogens with one attached hydrogen (secondary N) is 1. The second-order valence-electron chi connectivity index (χ2n) is 5.91. The predicted molar refractivity (Wildman–Crippen MR) is 92.1 cm³/mol. The zero-order chi connectivity index (χ0) is 17.4. The normalized spacial score (nSPS) is 13.6. The molecular formula is C17H24BrNO4. The number of rotatable bonds is 9. The van der Waals surface area contributed by atoms with Gasteiger partial charge in [0.15, 0.2) is 0 Å². The maximum atomic E-state index is 12.2. The molecule has 0 bridgehead atoms. The predicted octanol–water partition coefficient (Wildman–Crippen LogP) is 3.53. The molecule has 0 aliphatic carbocycles. The van der Waals surface area contributed by atoms with Gasteiger partial charge < -0.3 is 15.2 Å². The molecule has 0 radical (unpaired) electrons. The maximum absolute atomic E-state index is 12.2. The fourth-order valence-electron chi connectivity index (χ4n) is 2.00. The van der Waals surface area contributed by atoms with E-state index in [0.29, 0.717) is 12.5 Å². The van der Waals surface area contributed by atoms with Crippen LogP contribution in [0.5, 0.6) is 0 Å². The molecule has 0 saturated carbocycles. The Morgan fingerprint density at radius 2 is 2.00 bits per heavy atom. The van der Waals surface area contributed by atoms with Gasteiger partial charge in [0.25, 0.3) is 0 Å². The molecule has 2 N–H and O–H groups in total. The van der Waals surface area contributed by atoms with Gasteiger partial charge in [0.1, 0.15) is 6.10 Å². The molecule has 1 amide bonds. The largest absolute Gasteiger partial charge is 0.481 e. The highest BCUT2D eigenvalue weighted by molar-refractivity contribution is 9.10. The fourth-order valence-corrected chi connectivity index (χ4v) is 2.41. The summed E-state index contributed by atoms with van der Waals surface area (Å²) in [6, 6.07) is 6.67. The lowest BCUT2D eigenvalue weighted by Gasteiger charge is -2.21. The van der Waals surface area contributed by atoms with Crippen LogP contribution in [0, 0.1) is 5.92 Å². The standard InChI is InChI=1S/C17H24BrNO4/c1-11(2)7-8-23-12(3)17(22)19-15(10-16(20)21)13-5-4-6-14(18)9-13/h4-6,9,11-12,15H,7-8,10H2,1-3H3,(H,19,22)(H,20,21). The van der Waals surface area contributed by atoms with Gasteiger partial charge in [-0.25, -0.2) is 0 Å². The Labute approximate surface area is 145 Å². The molecule has 0 spiro atoms. The number of carbonyl (C=O) groups excluding carboxylic acids is 1. The minimum atomic E-state index is -0.969. The van der Waals surface area contributed by atoms with E-state index in [1.807, 2.05) is 12.1 Å². The van der Waals surface area contributed by atoms with Gasteiger partial charge in [-0.2, -0.15) is 0 Å². The van der Waals surface area contributed by atoms with Crippen LogP contribution in [0.3, 0.4) is 0 Å². The summed E-state index contributed by atoms with van der Waals surface area (Å²) < 4.78 is 6.35. The summed E-state index contributed by atoms with van der Waals surface area (Å²) in [7, 11) is 0. The van der Waals surface area contributed by atoms with Crippen LogP contribution in [0.2, 0.25) is 0 Å². The number of aliphatic carboxylic acids is 1. The summed E-state index contributed by atoms with van der Waals surface area (Å²) in [6.45, 7) is 6.36. The van der Waals surface area contributed by atoms with E-state index in [1.54, 1.807) is 19.1 Å². The number of benzene rings is 1. The molecular weight excluding hydrogens is 362 g/mol. The average molecular weight is 386 g/mol. The molecule has 1 aromatic rings. The van der Waals surface area contributed by atoms with Crippen molar-refractivity contribution in [2.75, 3.05) is 6.61 Å². The molecule has 0 aromatic heterocycles. The summed E-state index contributed by atoms with van der Waals surface area (Å²) in [5.74, 6) is -0.768. The molecule has 0 heterocycles. The highest BCUT2D eigenvalue weighted by atomic mass is 79.9. The van der Waals surface area contributed by atoms with Crippen molar-refractivity contribution in [2.24, 2.45) is 5.92 Å². The third-order valence-corrected chi connectivity index (χ3v) is 3.87. The zero-order valence-corrected chi connectivity index (χ0v) is 15.3. The topological polar surface area (TPSA) is 75.6 Å². The van der Waals surface area contributed by atoms with Crippen molar-refractivity contribution in [3.63, 3.8) is 0 Å². The van der Waals surface area contributed by atoms with Crippen molar-refractivity contribution < 1.29 is 19.4 Å². The van der Waals surface area contributed by atoms with Crippen LogP contribution in [0.15, 0.2) is 28.7 Å². The lowest BCUT2D eigenvalue weighted by molar-refractivity contribution is -0.138. The number of amides is 1. The monoisotopic (exact) mass is 385 g/mol. The Morgan fingerprint density at radius 3 is 2.57 bits per heavy atom. The van der Waals surface area contributed by atoms with Gasteiger partial charge in [0.2, 0.25) is 5.91 Å². The summed E-state index contributed by atoms with van der Waals surface area (Å²) in [5, 5.41) is 11.8. The molecule has 0 aliphatic rings. The van der Waals surface area contributed by atoms with Crippen molar-refractivity contribution in [1.82, 2.24) is 5.32 Å². The molecule has 0 aliphatic heterocycles. The molecule has 6 heteroatoms. The van der Waals surface area contributed by atoms with Crippen LogP contribution in [0.4, 0.5) is 0 Å². The molecule has 128 valence electrons. The van der Waals surface area contributed by atoms with E-state index >= 15 is 0 Å². The first-order valence-electron chi connectivity index (χ1n) is 7.68. The quantitative estimate of drug-likeness (QED) is 0.681. The third kappa shape index (κ3) is 7.61. The Morgan fingerprint density at radius 1 is 1.30 bits per heavy atom. The van der Waals surface area contributed by atoms with E-state index in [1.165, 1.54) is 0 Å². The van der Waals surface area contributed by atoms with E-state index < -0.39 is 18.1 Å². The SMILES string of the molecule is CC(C)CCOC(C)C(=O)NC(CC(=O)O)c1cccc(Br)c1. The highest BCUT2D eigenvalue weighted by Gasteiger charge is 2.22. The Kier molecular flexibility index (Phi) is 8.26. The van der Waals surface area contributed by atoms with E-state index in [4.69, 9.17) is 9.84 Å². The number of halogens is 1. The first-order chi connectivity index (χ1) is 10.8. The molecule has 0 saturated heterocycles. The smallest absolute Gasteiger partial charge is 0.305 e. The number of ether oxygens (including phenoxy) is 1. The number of hydrogen-bond donors (Lipinski definition) is 2. The summed E-state index contributed by atoms with van der Waals surface area (Å²) in [4.78, 5) is 23.3. The molecule has 2 unspecified atom stereocenters. The van der Waals surface area contributed by atoms with Gasteiger partial charge in [0, 0.05) is 11.1 Å². The molecule has 0 fully saturated rings. The Hall–Kier alpha value is -1.40. The summed E-state index contributed by atoms with van der Waals surface area (Å²) in [6.07, 6.45) is 0.0834. The van der Waals surface area contributed by atoms with Crippen molar-refractivity contribution in [1.29, 1.82) is 0 Å². The molecule has 2 atom stereocenters. The van der Waals surface area contributed by atoms with E-state index in [-0.39, 0.29) is 12.3 Å². The molecule has 5 nitrogen and oxygen atoms in total. The van der Waals surface area contributed by atoms with E-state index in [0.717, 1.165) is 16.5 Å². The number of carbonyl (C=O) groups is 2. The highest BCUT2D eigenvalue weighted by Crippen LogP contribution is 2.21.